The molecule has 1 aliphatic heterocycles. The summed E-state index contributed by atoms with van der Waals surface area (Å²) in [5, 5.41) is 4.41. The Balaban J connectivity index is 1.79. The van der Waals surface area contributed by atoms with Gasteiger partial charge in [0.15, 0.2) is 0 Å². The van der Waals surface area contributed by atoms with Crippen LogP contribution in [0.4, 0.5) is 11.5 Å². The molecule has 1 aliphatic rings. The highest BCUT2D eigenvalue weighted by Crippen LogP contribution is 2.29. The average molecular weight is 305 g/mol. The zero-order valence-corrected chi connectivity index (χ0v) is 12.8. The van der Waals surface area contributed by atoms with Gasteiger partial charge in [0.1, 0.15) is 5.82 Å². The Morgan fingerprint density at radius 2 is 1.83 bits per heavy atom. The third-order valence-electron chi connectivity index (χ3n) is 4.35. The predicted molar refractivity (Wildman–Crippen MR) is 92.9 cm³/mol. The van der Waals surface area contributed by atoms with Crippen LogP contribution < -0.4 is 10.2 Å². The van der Waals surface area contributed by atoms with E-state index in [1.807, 2.05) is 54.6 Å². The van der Waals surface area contributed by atoms with Gasteiger partial charge in [-0.3, -0.25) is 9.69 Å². The van der Waals surface area contributed by atoms with Crippen LogP contribution >= 0.6 is 0 Å². The van der Waals surface area contributed by atoms with Crippen molar-refractivity contribution in [2.75, 3.05) is 11.4 Å². The third kappa shape index (κ3) is 2.62. The second-order valence-electron chi connectivity index (χ2n) is 5.90. The summed E-state index contributed by atoms with van der Waals surface area (Å²) < 4.78 is 0. The van der Waals surface area contributed by atoms with Crippen LogP contribution in [0.25, 0.3) is 10.9 Å². The van der Waals surface area contributed by atoms with Gasteiger partial charge in [0.05, 0.1) is 11.7 Å². The summed E-state index contributed by atoms with van der Waals surface area (Å²) in [6.45, 7) is 0.908. The molecule has 4 heteroatoms. The maximum atomic E-state index is 13.1. The molecule has 4 rings (SSSR count). The molecule has 0 spiro atoms. The number of rotatable bonds is 3. The van der Waals surface area contributed by atoms with Gasteiger partial charge in [0, 0.05) is 10.9 Å². The molecule has 2 heterocycles. The van der Waals surface area contributed by atoms with E-state index in [9.17, 15) is 4.79 Å². The highest BCUT2D eigenvalue weighted by molar-refractivity contribution is 6.04. The molecular formula is C19H19N3O. The Kier molecular flexibility index (Phi) is 3.60. The number of benzene rings is 2. The topological polar surface area (TPSA) is 48.1 Å². The quantitative estimate of drug-likeness (QED) is 0.777. The fourth-order valence-electron chi connectivity index (χ4n) is 3.19. The van der Waals surface area contributed by atoms with Crippen LogP contribution in [0.2, 0.25) is 0 Å². The first-order valence-corrected chi connectivity index (χ1v) is 8.03. The van der Waals surface area contributed by atoms with E-state index in [2.05, 4.69) is 16.4 Å². The third-order valence-corrected chi connectivity index (χ3v) is 4.35. The molecule has 1 fully saturated rings. The first kappa shape index (κ1) is 14.0. The van der Waals surface area contributed by atoms with Crippen molar-refractivity contribution in [2.24, 2.45) is 0 Å². The minimum absolute atomic E-state index is 0.0975. The van der Waals surface area contributed by atoms with Gasteiger partial charge in [-0.2, -0.15) is 0 Å². The number of anilines is 2. The van der Waals surface area contributed by atoms with Crippen molar-refractivity contribution in [1.82, 2.24) is 10.3 Å². The number of nitrogens with zero attached hydrogens (tertiary/aromatic N) is 1. The summed E-state index contributed by atoms with van der Waals surface area (Å²) in [5.41, 5.74) is 1.92. The van der Waals surface area contributed by atoms with Crippen molar-refractivity contribution in [3.63, 3.8) is 0 Å². The number of hydrogen-bond acceptors (Lipinski definition) is 2. The lowest BCUT2D eigenvalue weighted by atomic mass is 10.2. The normalized spacial score (nSPS) is 17.5. The molecule has 1 aromatic heterocycles. The molecule has 23 heavy (non-hydrogen) atoms. The first-order valence-electron chi connectivity index (χ1n) is 8.03. The second-order valence-corrected chi connectivity index (χ2v) is 5.90. The van der Waals surface area contributed by atoms with Crippen molar-refractivity contribution in [3.8, 4) is 0 Å². The number of nitrogens with one attached hydrogen (secondary N) is 2. The van der Waals surface area contributed by atoms with Crippen LogP contribution in [0, 0.1) is 0 Å². The van der Waals surface area contributed by atoms with Crippen LogP contribution in [0.3, 0.4) is 0 Å². The molecule has 2 aromatic carbocycles. The second kappa shape index (κ2) is 5.89. The van der Waals surface area contributed by atoms with E-state index < -0.39 is 0 Å². The lowest BCUT2D eigenvalue weighted by Crippen LogP contribution is -2.41. The molecule has 1 atom stereocenters. The van der Waals surface area contributed by atoms with Gasteiger partial charge in [0.25, 0.3) is 0 Å². The molecular weight excluding hydrogens is 286 g/mol. The van der Waals surface area contributed by atoms with E-state index in [0.717, 1.165) is 41.8 Å². The lowest BCUT2D eigenvalue weighted by Gasteiger charge is -2.24. The minimum atomic E-state index is -0.110. The van der Waals surface area contributed by atoms with Gasteiger partial charge in [-0.15, -0.1) is 0 Å². The van der Waals surface area contributed by atoms with E-state index >= 15 is 0 Å². The molecule has 3 aromatic rings. The number of carbonyl (C=O) groups is 1. The molecule has 0 radical (unpaired) electrons. The highest BCUT2D eigenvalue weighted by Gasteiger charge is 2.29. The van der Waals surface area contributed by atoms with E-state index in [1.54, 1.807) is 4.90 Å². The van der Waals surface area contributed by atoms with Crippen LogP contribution in [-0.4, -0.2) is 23.5 Å². The Bertz CT molecular complexity index is 786. The van der Waals surface area contributed by atoms with Gasteiger partial charge < -0.3 is 10.3 Å². The van der Waals surface area contributed by atoms with Gasteiger partial charge in [-0.1, -0.05) is 36.4 Å². The average Bonchev–Trinajstić information content (AvgIpc) is 3.25. The van der Waals surface area contributed by atoms with Crippen molar-refractivity contribution >= 4 is 28.3 Å². The lowest BCUT2D eigenvalue weighted by molar-refractivity contribution is -0.119. The van der Waals surface area contributed by atoms with Crippen LogP contribution in [0.15, 0.2) is 60.7 Å². The zero-order valence-electron chi connectivity index (χ0n) is 12.8. The molecule has 4 nitrogen and oxygen atoms in total. The number of para-hydroxylation sites is 2. The van der Waals surface area contributed by atoms with Crippen LogP contribution in [0.1, 0.15) is 12.8 Å². The predicted octanol–water partition coefficient (Wildman–Crippen LogP) is 3.58. The Morgan fingerprint density at radius 3 is 2.57 bits per heavy atom. The van der Waals surface area contributed by atoms with E-state index in [1.165, 1.54) is 0 Å². The van der Waals surface area contributed by atoms with Crippen LogP contribution in [-0.2, 0) is 4.79 Å². The molecule has 1 saturated heterocycles. The fourth-order valence-corrected chi connectivity index (χ4v) is 3.19. The maximum Gasteiger partial charge on any atom is 0.249 e. The van der Waals surface area contributed by atoms with Gasteiger partial charge in [0.2, 0.25) is 5.91 Å². The zero-order chi connectivity index (χ0) is 15.6. The number of hydrogen-bond donors (Lipinski definition) is 2. The summed E-state index contributed by atoms with van der Waals surface area (Å²) in [6.07, 6.45) is 1.94. The van der Waals surface area contributed by atoms with Crippen molar-refractivity contribution in [3.05, 3.63) is 60.7 Å². The largest absolute Gasteiger partial charge is 0.341 e. The summed E-state index contributed by atoms with van der Waals surface area (Å²) in [4.78, 5) is 18.2. The molecule has 0 bridgehead atoms. The number of aromatic nitrogens is 1. The minimum Gasteiger partial charge on any atom is -0.341 e. The summed E-state index contributed by atoms with van der Waals surface area (Å²) in [5.74, 6) is 0.913. The fraction of sp³-hybridized carbons (Fsp3) is 0.211. The van der Waals surface area contributed by atoms with Crippen molar-refractivity contribution in [2.45, 2.75) is 18.9 Å². The monoisotopic (exact) mass is 305 g/mol. The maximum absolute atomic E-state index is 13.1. The van der Waals surface area contributed by atoms with Gasteiger partial charge in [-0.05, 0) is 43.7 Å². The molecule has 1 amide bonds. The van der Waals surface area contributed by atoms with Gasteiger partial charge >= 0.3 is 0 Å². The van der Waals surface area contributed by atoms with E-state index in [-0.39, 0.29) is 11.9 Å². The van der Waals surface area contributed by atoms with E-state index in [4.69, 9.17) is 0 Å². The summed E-state index contributed by atoms with van der Waals surface area (Å²) >= 11 is 0. The van der Waals surface area contributed by atoms with E-state index in [0.29, 0.717) is 0 Å². The molecule has 0 saturated carbocycles. The molecule has 0 aliphatic carbocycles. The number of aromatic amines is 1. The van der Waals surface area contributed by atoms with Crippen molar-refractivity contribution < 1.29 is 4.79 Å². The molecule has 2 N–H and O–H groups in total. The number of H-pyrrole nitrogens is 1. The summed E-state index contributed by atoms with van der Waals surface area (Å²) in [6, 6.07) is 19.8. The SMILES string of the molecule is O=C(C1CCCN1)N(c1ccccc1)c1cc2ccccc2[nH]1. The van der Waals surface area contributed by atoms with Crippen molar-refractivity contribution in [1.29, 1.82) is 0 Å². The smallest absolute Gasteiger partial charge is 0.249 e. The number of fused-ring (bicyclic) bond motifs is 1. The number of amides is 1. The van der Waals surface area contributed by atoms with Gasteiger partial charge in [-0.25, -0.2) is 0 Å². The van der Waals surface area contributed by atoms with Crippen LogP contribution in [0.5, 0.6) is 0 Å². The highest BCUT2D eigenvalue weighted by atomic mass is 16.2. The Labute approximate surface area is 135 Å². The standard InChI is InChI=1S/C19H19N3O/c23-19(17-11-6-12-20-17)22(15-8-2-1-3-9-15)18-13-14-7-4-5-10-16(14)21-18/h1-5,7-10,13,17,20-21H,6,11-12H2. The number of carbonyl (C=O) groups excluding carboxylic acids is 1. The summed E-state index contributed by atoms with van der Waals surface area (Å²) in [7, 11) is 0. The molecule has 116 valence electrons. The first-order chi connectivity index (χ1) is 11.3. The Morgan fingerprint density at radius 1 is 1.04 bits per heavy atom. The Hall–Kier alpha value is -2.59. The molecule has 1 unspecified atom stereocenters.